The first-order valence-corrected chi connectivity index (χ1v) is 7.74. The zero-order valence-corrected chi connectivity index (χ0v) is 14.7. The second-order valence-electron chi connectivity index (χ2n) is 6.72. The molecule has 0 radical (unpaired) electrons. The van der Waals surface area contributed by atoms with Crippen LogP contribution in [0, 0.1) is 6.92 Å². The Morgan fingerprint density at radius 2 is 2.00 bits per heavy atom. The van der Waals surface area contributed by atoms with Gasteiger partial charge in [-0.1, -0.05) is 20.8 Å². The van der Waals surface area contributed by atoms with Crippen LogP contribution >= 0.6 is 0 Å². The molecule has 0 spiro atoms. The van der Waals surface area contributed by atoms with E-state index in [0.29, 0.717) is 6.54 Å². The van der Waals surface area contributed by atoms with Crippen LogP contribution in [-0.4, -0.2) is 23.2 Å². The van der Waals surface area contributed by atoms with Crippen molar-refractivity contribution in [2.24, 2.45) is 0 Å². The molecule has 0 aliphatic rings. The number of rotatable bonds is 4. The number of hydrogen-bond acceptors (Lipinski definition) is 4. The average molecular weight is 329 g/mol. The Balaban J connectivity index is 2.22. The summed E-state index contributed by atoms with van der Waals surface area (Å²) in [5.74, 6) is 0.510. The van der Waals surface area contributed by atoms with Crippen molar-refractivity contribution in [2.45, 2.75) is 39.7 Å². The lowest BCUT2D eigenvalue weighted by atomic mass is 9.84. The molecule has 6 heteroatoms. The molecule has 0 aliphatic carbocycles. The molecule has 6 nitrogen and oxygen atoms in total. The van der Waals surface area contributed by atoms with Gasteiger partial charge in [0.1, 0.15) is 11.4 Å². The summed E-state index contributed by atoms with van der Waals surface area (Å²) in [6, 6.07) is 6.73. The number of carbonyl (C=O) groups is 1. The molecule has 2 rings (SSSR count). The summed E-state index contributed by atoms with van der Waals surface area (Å²) in [6.45, 7) is 8.71. The fourth-order valence-electron chi connectivity index (χ4n) is 2.41. The number of amides is 1. The molecule has 2 aromatic rings. The Bertz CT molecular complexity index is 784. The van der Waals surface area contributed by atoms with Crippen LogP contribution in [0.2, 0.25) is 0 Å². The molecule has 0 saturated carbocycles. The molecule has 128 valence electrons. The topological polar surface area (TPSA) is 84.1 Å². The highest BCUT2D eigenvalue weighted by atomic mass is 16.5. The van der Waals surface area contributed by atoms with Gasteiger partial charge in [-0.15, -0.1) is 0 Å². The quantitative estimate of drug-likeness (QED) is 0.901. The van der Waals surface area contributed by atoms with E-state index in [2.05, 4.69) is 42.4 Å². The lowest BCUT2D eigenvalue weighted by Gasteiger charge is -2.24. The smallest absolute Gasteiger partial charge is 0.271 e. The van der Waals surface area contributed by atoms with E-state index in [1.807, 2.05) is 13.0 Å². The molecule has 0 fully saturated rings. The summed E-state index contributed by atoms with van der Waals surface area (Å²) in [6.07, 6.45) is 0. The molecule has 0 atom stereocenters. The number of nitrogens with one attached hydrogen (secondary N) is 2. The van der Waals surface area contributed by atoms with Gasteiger partial charge in [-0.05, 0) is 47.2 Å². The summed E-state index contributed by atoms with van der Waals surface area (Å²) in [7, 11) is 1.66. The summed E-state index contributed by atoms with van der Waals surface area (Å²) >= 11 is 0. The van der Waals surface area contributed by atoms with E-state index < -0.39 is 0 Å². The van der Waals surface area contributed by atoms with Gasteiger partial charge in [0.05, 0.1) is 7.11 Å². The number of methoxy groups -OCH3 is 1. The third-order valence-electron chi connectivity index (χ3n) is 3.82. The number of H-pyrrole nitrogens is 1. The van der Waals surface area contributed by atoms with Gasteiger partial charge < -0.3 is 10.1 Å². The number of carbonyl (C=O) groups excluding carboxylic acids is 1. The van der Waals surface area contributed by atoms with Crippen molar-refractivity contribution in [3.63, 3.8) is 0 Å². The number of nitrogens with zero attached hydrogens (tertiary/aromatic N) is 1. The first-order valence-electron chi connectivity index (χ1n) is 7.74. The minimum Gasteiger partial charge on any atom is -0.496 e. The van der Waals surface area contributed by atoms with Crippen LogP contribution in [0.25, 0.3) is 0 Å². The van der Waals surface area contributed by atoms with Gasteiger partial charge in [-0.3, -0.25) is 9.59 Å². The molecule has 2 N–H and O–H groups in total. The highest BCUT2D eigenvalue weighted by Gasteiger charge is 2.20. The standard InChI is InChI=1S/C18H23N3O3/c1-11-8-15(24-5)13(18(2,3)4)9-12(11)10-19-17(23)14-6-7-16(22)21-20-14/h6-9H,10H2,1-5H3,(H,19,23)(H,21,22). The molecule has 1 amide bonds. The fraction of sp³-hybridized carbons (Fsp3) is 0.389. The Kier molecular flexibility index (Phi) is 5.07. The van der Waals surface area contributed by atoms with Crippen LogP contribution in [0.4, 0.5) is 0 Å². The molecular weight excluding hydrogens is 306 g/mol. The largest absolute Gasteiger partial charge is 0.496 e. The molecule has 1 aromatic carbocycles. The Hall–Kier alpha value is -2.63. The number of aryl methyl sites for hydroxylation is 1. The van der Waals surface area contributed by atoms with Crippen LogP contribution in [0.5, 0.6) is 5.75 Å². The normalized spacial score (nSPS) is 11.2. The molecule has 0 saturated heterocycles. The average Bonchev–Trinajstić information content (AvgIpc) is 2.52. The van der Waals surface area contributed by atoms with Crippen molar-refractivity contribution in [1.82, 2.24) is 15.5 Å². The second-order valence-corrected chi connectivity index (χ2v) is 6.72. The highest BCUT2D eigenvalue weighted by Crippen LogP contribution is 2.33. The summed E-state index contributed by atoms with van der Waals surface area (Å²) in [5, 5.41) is 8.81. The first kappa shape index (κ1) is 17.7. The van der Waals surface area contributed by atoms with E-state index in [9.17, 15) is 9.59 Å². The maximum atomic E-state index is 12.1. The minimum atomic E-state index is -0.340. The van der Waals surface area contributed by atoms with Crippen molar-refractivity contribution < 1.29 is 9.53 Å². The summed E-state index contributed by atoms with van der Waals surface area (Å²) < 4.78 is 5.48. The van der Waals surface area contributed by atoms with Crippen molar-refractivity contribution in [3.8, 4) is 5.75 Å². The number of hydrogen-bond donors (Lipinski definition) is 2. The molecule has 1 heterocycles. The zero-order chi connectivity index (χ0) is 17.9. The van der Waals surface area contributed by atoms with Crippen LogP contribution in [0.1, 0.15) is 48.0 Å². The van der Waals surface area contributed by atoms with Crippen LogP contribution in [-0.2, 0) is 12.0 Å². The SMILES string of the molecule is COc1cc(C)c(CNC(=O)c2ccc(=O)[nH]n2)cc1C(C)(C)C. The van der Waals surface area contributed by atoms with Gasteiger partial charge in [0.25, 0.3) is 11.5 Å². The van der Waals surface area contributed by atoms with E-state index >= 15 is 0 Å². The predicted molar refractivity (Wildman–Crippen MR) is 92.5 cm³/mol. The maximum absolute atomic E-state index is 12.1. The summed E-state index contributed by atoms with van der Waals surface area (Å²) in [5.41, 5.74) is 2.90. The van der Waals surface area contributed by atoms with Gasteiger partial charge in [0, 0.05) is 12.6 Å². The monoisotopic (exact) mass is 329 g/mol. The highest BCUT2D eigenvalue weighted by molar-refractivity contribution is 5.91. The molecule has 24 heavy (non-hydrogen) atoms. The van der Waals surface area contributed by atoms with Crippen LogP contribution in [0.15, 0.2) is 29.1 Å². The third-order valence-corrected chi connectivity index (χ3v) is 3.82. The zero-order valence-electron chi connectivity index (χ0n) is 14.7. The predicted octanol–water partition coefficient (Wildman–Crippen LogP) is 2.31. The van der Waals surface area contributed by atoms with Gasteiger partial charge in [-0.25, -0.2) is 5.10 Å². The van der Waals surface area contributed by atoms with Crippen molar-refractivity contribution in [1.29, 1.82) is 0 Å². The number of ether oxygens (including phenoxy) is 1. The first-order chi connectivity index (χ1) is 11.2. The second kappa shape index (κ2) is 6.86. The van der Waals surface area contributed by atoms with Crippen molar-refractivity contribution >= 4 is 5.91 Å². The summed E-state index contributed by atoms with van der Waals surface area (Å²) in [4.78, 5) is 23.1. The lowest BCUT2D eigenvalue weighted by Crippen LogP contribution is -2.26. The number of aromatic amines is 1. The Morgan fingerprint density at radius 3 is 2.54 bits per heavy atom. The number of aromatic nitrogens is 2. The van der Waals surface area contributed by atoms with Crippen molar-refractivity contribution in [3.05, 3.63) is 57.0 Å². The van der Waals surface area contributed by atoms with Crippen molar-refractivity contribution in [2.75, 3.05) is 7.11 Å². The van der Waals surface area contributed by atoms with Gasteiger partial charge in [-0.2, -0.15) is 5.10 Å². The number of benzene rings is 1. The van der Waals surface area contributed by atoms with Gasteiger partial charge in [0.15, 0.2) is 0 Å². The Labute approximate surface area is 141 Å². The molecule has 0 aliphatic heterocycles. The third kappa shape index (κ3) is 4.01. The lowest BCUT2D eigenvalue weighted by molar-refractivity contribution is 0.0944. The van der Waals surface area contributed by atoms with Crippen LogP contribution < -0.4 is 15.6 Å². The van der Waals surface area contributed by atoms with Gasteiger partial charge in [0.2, 0.25) is 0 Å². The Morgan fingerprint density at radius 1 is 1.29 bits per heavy atom. The van der Waals surface area contributed by atoms with Gasteiger partial charge >= 0.3 is 0 Å². The minimum absolute atomic E-state index is 0.0712. The molecule has 0 bridgehead atoms. The maximum Gasteiger partial charge on any atom is 0.271 e. The fourth-order valence-corrected chi connectivity index (χ4v) is 2.41. The van der Waals surface area contributed by atoms with E-state index in [1.165, 1.54) is 12.1 Å². The van der Waals surface area contributed by atoms with E-state index in [-0.39, 0.29) is 22.6 Å². The van der Waals surface area contributed by atoms with E-state index in [0.717, 1.165) is 22.4 Å². The molecule has 1 aromatic heterocycles. The van der Waals surface area contributed by atoms with E-state index in [1.54, 1.807) is 7.11 Å². The molecule has 0 unspecified atom stereocenters. The molecular formula is C18H23N3O3. The van der Waals surface area contributed by atoms with E-state index in [4.69, 9.17) is 4.74 Å². The van der Waals surface area contributed by atoms with Crippen LogP contribution in [0.3, 0.4) is 0 Å².